The maximum Gasteiger partial charge on any atom is 0.262 e. The molecule has 27 heavy (non-hydrogen) atoms. The van der Waals surface area contributed by atoms with E-state index in [1.165, 1.54) is 11.8 Å². The van der Waals surface area contributed by atoms with Gasteiger partial charge in [0.2, 0.25) is 5.91 Å². The molecule has 1 aromatic carbocycles. The van der Waals surface area contributed by atoms with E-state index in [-0.39, 0.29) is 29.4 Å². The second-order valence-corrected chi connectivity index (χ2v) is 8.51. The van der Waals surface area contributed by atoms with Crippen molar-refractivity contribution in [1.29, 1.82) is 0 Å². The Balaban J connectivity index is 1.83. The van der Waals surface area contributed by atoms with E-state index in [2.05, 4.69) is 18.8 Å². The number of hydrogen-bond acceptors (Lipinski definition) is 5. The third-order valence-corrected chi connectivity index (χ3v) is 5.43. The lowest BCUT2D eigenvalue weighted by molar-refractivity contribution is -0.140. The lowest BCUT2D eigenvalue weighted by Crippen LogP contribution is -2.48. The first-order chi connectivity index (χ1) is 12.8. The molecule has 0 bridgehead atoms. The zero-order chi connectivity index (χ0) is 19.6. The van der Waals surface area contributed by atoms with Gasteiger partial charge < -0.3 is 9.64 Å². The minimum Gasteiger partial charge on any atom is -0.372 e. The summed E-state index contributed by atoms with van der Waals surface area (Å²) < 4.78 is 7.40. The predicted octanol–water partition coefficient (Wildman–Crippen LogP) is 2.78. The van der Waals surface area contributed by atoms with Gasteiger partial charge in [0.15, 0.2) is 5.16 Å². The van der Waals surface area contributed by atoms with Gasteiger partial charge in [0.05, 0.1) is 28.9 Å². The number of thioether (sulfide) groups is 1. The summed E-state index contributed by atoms with van der Waals surface area (Å²) in [7, 11) is 0. The summed E-state index contributed by atoms with van der Waals surface area (Å²) in [5.41, 5.74) is 0.629. The number of carbonyl (C=O) groups is 1. The molecule has 6 nitrogen and oxygen atoms in total. The molecule has 146 valence electrons. The average Bonchev–Trinajstić information content (AvgIpc) is 2.61. The fourth-order valence-corrected chi connectivity index (χ4v) is 4.29. The van der Waals surface area contributed by atoms with Crippen LogP contribution in [-0.4, -0.2) is 51.4 Å². The standard InChI is InChI=1S/C20H27N3O3S/c1-13(2)9-23-19(25)16-7-5-6-8-17(16)21-20(23)27-12-18(24)22-10-14(3)26-15(4)11-22/h5-8,13-15H,9-12H2,1-4H3/t14-,15-/m1/s1. The van der Waals surface area contributed by atoms with E-state index in [0.717, 1.165) is 0 Å². The van der Waals surface area contributed by atoms with Gasteiger partial charge in [-0.3, -0.25) is 14.2 Å². The van der Waals surface area contributed by atoms with Crippen LogP contribution in [0.4, 0.5) is 0 Å². The van der Waals surface area contributed by atoms with E-state index in [9.17, 15) is 9.59 Å². The summed E-state index contributed by atoms with van der Waals surface area (Å²) in [5.74, 6) is 0.629. The van der Waals surface area contributed by atoms with Gasteiger partial charge in [-0.2, -0.15) is 0 Å². The Morgan fingerprint density at radius 1 is 1.26 bits per heavy atom. The molecule has 0 spiro atoms. The van der Waals surface area contributed by atoms with Gasteiger partial charge in [-0.05, 0) is 31.9 Å². The van der Waals surface area contributed by atoms with Crippen molar-refractivity contribution in [1.82, 2.24) is 14.5 Å². The van der Waals surface area contributed by atoms with Crippen molar-refractivity contribution in [2.24, 2.45) is 5.92 Å². The summed E-state index contributed by atoms with van der Waals surface area (Å²) in [4.78, 5) is 32.1. The van der Waals surface area contributed by atoms with Crippen molar-refractivity contribution in [3.05, 3.63) is 34.6 Å². The van der Waals surface area contributed by atoms with Gasteiger partial charge in [-0.15, -0.1) is 0 Å². The van der Waals surface area contributed by atoms with Gasteiger partial charge in [-0.25, -0.2) is 4.98 Å². The highest BCUT2D eigenvalue weighted by atomic mass is 32.2. The molecular formula is C20H27N3O3S. The molecule has 0 radical (unpaired) electrons. The van der Waals surface area contributed by atoms with Crippen LogP contribution in [0.3, 0.4) is 0 Å². The number of aromatic nitrogens is 2. The number of para-hydroxylation sites is 1. The predicted molar refractivity (Wildman–Crippen MR) is 108 cm³/mol. The van der Waals surface area contributed by atoms with Crippen LogP contribution in [0.1, 0.15) is 27.7 Å². The van der Waals surface area contributed by atoms with Gasteiger partial charge >= 0.3 is 0 Å². The first-order valence-electron chi connectivity index (χ1n) is 9.40. The van der Waals surface area contributed by atoms with Crippen molar-refractivity contribution >= 4 is 28.6 Å². The van der Waals surface area contributed by atoms with Crippen LogP contribution in [0.15, 0.2) is 34.2 Å². The summed E-state index contributed by atoms with van der Waals surface area (Å²) in [6, 6.07) is 7.37. The summed E-state index contributed by atoms with van der Waals surface area (Å²) in [6.07, 6.45) is 0.0845. The van der Waals surface area contributed by atoms with Crippen LogP contribution >= 0.6 is 11.8 Å². The van der Waals surface area contributed by atoms with E-state index < -0.39 is 0 Å². The zero-order valence-electron chi connectivity index (χ0n) is 16.3. The number of amides is 1. The van der Waals surface area contributed by atoms with Crippen molar-refractivity contribution in [2.45, 2.75) is 51.6 Å². The van der Waals surface area contributed by atoms with Gasteiger partial charge in [-0.1, -0.05) is 37.7 Å². The summed E-state index contributed by atoms with van der Waals surface area (Å²) in [6.45, 7) is 9.89. The van der Waals surface area contributed by atoms with Crippen LogP contribution < -0.4 is 5.56 Å². The maximum absolute atomic E-state index is 12.9. The van der Waals surface area contributed by atoms with Crippen LogP contribution in [0.5, 0.6) is 0 Å². The Labute approximate surface area is 163 Å². The van der Waals surface area contributed by atoms with E-state index in [1.54, 1.807) is 10.6 Å². The van der Waals surface area contributed by atoms with E-state index in [1.807, 2.05) is 36.9 Å². The molecule has 0 N–H and O–H groups in total. The lowest BCUT2D eigenvalue weighted by Gasteiger charge is -2.35. The molecule has 1 aromatic heterocycles. The van der Waals surface area contributed by atoms with E-state index in [0.29, 0.717) is 41.6 Å². The minimum absolute atomic E-state index is 0.0422. The fourth-order valence-electron chi connectivity index (χ4n) is 3.38. The molecule has 1 aliphatic heterocycles. The lowest BCUT2D eigenvalue weighted by atomic mass is 10.2. The molecule has 1 amide bonds. The Bertz CT molecular complexity index is 870. The Hall–Kier alpha value is -1.86. The number of hydrogen-bond donors (Lipinski definition) is 0. The van der Waals surface area contributed by atoms with Crippen molar-refractivity contribution in [2.75, 3.05) is 18.8 Å². The number of rotatable bonds is 5. The normalized spacial score (nSPS) is 20.4. The number of morpholine rings is 1. The highest BCUT2D eigenvalue weighted by Crippen LogP contribution is 2.20. The van der Waals surface area contributed by atoms with Crippen LogP contribution in [-0.2, 0) is 16.1 Å². The number of benzene rings is 1. The van der Waals surface area contributed by atoms with Gasteiger partial charge in [0.1, 0.15) is 0 Å². The molecular weight excluding hydrogens is 362 g/mol. The second-order valence-electron chi connectivity index (χ2n) is 7.57. The fraction of sp³-hybridized carbons (Fsp3) is 0.550. The SMILES string of the molecule is CC(C)Cn1c(SCC(=O)N2C[C@@H](C)O[C@H](C)C2)nc2ccccc2c1=O. The van der Waals surface area contributed by atoms with Crippen LogP contribution in [0.2, 0.25) is 0 Å². The maximum atomic E-state index is 12.9. The third kappa shape index (κ3) is 4.71. The minimum atomic E-state index is -0.0436. The van der Waals surface area contributed by atoms with Crippen molar-refractivity contribution in [3.63, 3.8) is 0 Å². The molecule has 0 unspecified atom stereocenters. The molecule has 7 heteroatoms. The van der Waals surface area contributed by atoms with E-state index >= 15 is 0 Å². The quantitative estimate of drug-likeness (QED) is 0.581. The molecule has 2 heterocycles. The first kappa shape index (κ1) is 19.9. The smallest absolute Gasteiger partial charge is 0.262 e. The van der Waals surface area contributed by atoms with Crippen molar-refractivity contribution in [3.8, 4) is 0 Å². The molecule has 0 aliphatic carbocycles. The molecule has 3 rings (SSSR count). The van der Waals surface area contributed by atoms with Crippen molar-refractivity contribution < 1.29 is 9.53 Å². The summed E-state index contributed by atoms with van der Waals surface area (Å²) >= 11 is 1.34. The molecule has 1 saturated heterocycles. The summed E-state index contributed by atoms with van der Waals surface area (Å²) in [5, 5.41) is 1.22. The highest BCUT2D eigenvalue weighted by Gasteiger charge is 2.26. The molecule has 1 fully saturated rings. The number of ether oxygens (including phenoxy) is 1. The van der Waals surface area contributed by atoms with Crippen LogP contribution in [0.25, 0.3) is 10.9 Å². The molecule has 0 saturated carbocycles. The van der Waals surface area contributed by atoms with E-state index in [4.69, 9.17) is 4.74 Å². The molecule has 2 atom stereocenters. The number of nitrogens with zero attached hydrogens (tertiary/aromatic N) is 3. The van der Waals surface area contributed by atoms with Gasteiger partial charge in [0, 0.05) is 19.6 Å². The zero-order valence-corrected chi connectivity index (χ0v) is 17.2. The van der Waals surface area contributed by atoms with Gasteiger partial charge in [0.25, 0.3) is 5.56 Å². The second kappa shape index (κ2) is 8.44. The molecule has 2 aromatic rings. The Kier molecular flexibility index (Phi) is 6.22. The first-order valence-corrected chi connectivity index (χ1v) is 10.4. The Morgan fingerprint density at radius 2 is 1.93 bits per heavy atom. The topological polar surface area (TPSA) is 64.4 Å². The third-order valence-electron chi connectivity index (χ3n) is 4.47. The highest BCUT2D eigenvalue weighted by molar-refractivity contribution is 7.99. The number of carbonyl (C=O) groups excluding carboxylic acids is 1. The molecule has 1 aliphatic rings. The largest absolute Gasteiger partial charge is 0.372 e. The van der Waals surface area contributed by atoms with Crippen LogP contribution in [0, 0.1) is 5.92 Å². The monoisotopic (exact) mass is 389 g/mol. The Morgan fingerprint density at radius 3 is 2.59 bits per heavy atom. The average molecular weight is 390 g/mol. The number of fused-ring (bicyclic) bond motifs is 1.